The van der Waals surface area contributed by atoms with Crippen LogP contribution in [0.3, 0.4) is 0 Å². The van der Waals surface area contributed by atoms with Crippen molar-refractivity contribution in [3.8, 4) is 0 Å². The average molecular weight is 414 g/mol. The Bertz CT molecular complexity index is 956. The molecule has 0 N–H and O–H groups in total. The highest BCUT2D eigenvalue weighted by Crippen LogP contribution is 2.18. The number of aryl methyl sites for hydroxylation is 1. The van der Waals surface area contributed by atoms with Gasteiger partial charge in [-0.3, -0.25) is 4.79 Å². The second-order valence-corrected chi connectivity index (χ2v) is 7.54. The first-order valence-corrected chi connectivity index (χ1v) is 10.0. The molecule has 1 heterocycles. The van der Waals surface area contributed by atoms with E-state index in [1.165, 1.54) is 11.8 Å². The molecule has 0 fully saturated rings. The van der Waals surface area contributed by atoms with Crippen molar-refractivity contribution in [3.05, 3.63) is 76.6 Å². The van der Waals surface area contributed by atoms with Gasteiger partial charge in [0.15, 0.2) is 5.82 Å². The molecule has 28 heavy (non-hydrogen) atoms. The Kier molecular flexibility index (Phi) is 6.84. The number of benzene rings is 2. The molecule has 0 aliphatic carbocycles. The number of carbonyl (C=O) groups excluding carboxylic acids is 1. The van der Waals surface area contributed by atoms with Crippen LogP contribution in [0.4, 0.5) is 0 Å². The number of rotatable bonds is 7. The predicted molar refractivity (Wildman–Crippen MR) is 113 cm³/mol. The molecule has 0 atom stereocenters. The molecule has 1 amide bonds. The van der Waals surface area contributed by atoms with Crippen LogP contribution >= 0.6 is 23.4 Å². The lowest BCUT2D eigenvalue weighted by Gasteiger charge is -2.16. The van der Waals surface area contributed by atoms with Gasteiger partial charge in [0, 0.05) is 18.6 Å². The Morgan fingerprint density at radius 1 is 1.18 bits per heavy atom. The standard InChI is InChI=1S/C20H20ClN5OS/c1-15-23-24-20(26(15)22-12-16-8-10-18(21)11-9-16)28-14-19(27)25(2)13-17-6-4-3-5-7-17/h3-12H,13-14H2,1-2H3. The monoisotopic (exact) mass is 413 g/mol. The normalized spacial score (nSPS) is 11.1. The second kappa shape index (κ2) is 9.52. The Morgan fingerprint density at radius 3 is 2.61 bits per heavy atom. The van der Waals surface area contributed by atoms with Gasteiger partial charge in [-0.25, -0.2) is 0 Å². The van der Waals surface area contributed by atoms with Crippen LogP contribution in [0.2, 0.25) is 5.02 Å². The van der Waals surface area contributed by atoms with Gasteiger partial charge in [-0.1, -0.05) is 65.8 Å². The van der Waals surface area contributed by atoms with Crippen LogP contribution in [0.15, 0.2) is 64.9 Å². The van der Waals surface area contributed by atoms with E-state index in [1.807, 2.05) is 49.4 Å². The molecule has 3 aromatic rings. The maximum Gasteiger partial charge on any atom is 0.233 e. The molecule has 0 spiro atoms. The first-order chi connectivity index (χ1) is 13.5. The van der Waals surface area contributed by atoms with Crippen molar-refractivity contribution in [1.29, 1.82) is 0 Å². The minimum absolute atomic E-state index is 0.0164. The molecular formula is C20H20ClN5OS. The van der Waals surface area contributed by atoms with Crippen molar-refractivity contribution >= 4 is 35.5 Å². The summed E-state index contributed by atoms with van der Waals surface area (Å²) in [7, 11) is 1.80. The smallest absolute Gasteiger partial charge is 0.233 e. The minimum Gasteiger partial charge on any atom is -0.341 e. The van der Waals surface area contributed by atoms with Gasteiger partial charge in [0.1, 0.15) is 0 Å². The summed E-state index contributed by atoms with van der Waals surface area (Å²) < 4.78 is 1.63. The molecular weight excluding hydrogens is 394 g/mol. The predicted octanol–water partition coefficient (Wildman–Crippen LogP) is 3.87. The third-order valence-corrected chi connectivity index (χ3v) is 5.13. The lowest BCUT2D eigenvalue weighted by molar-refractivity contribution is -0.127. The van der Waals surface area contributed by atoms with Gasteiger partial charge in [0.05, 0.1) is 12.0 Å². The summed E-state index contributed by atoms with van der Waals surface area (Å²) in [5.74, 6) is 0.929. The molecule has 1 aromatic heterocycles. The van der Waals surface area contributed by atoms with Crippen molar-refractivity contribution in [2.45, 2.75) is 18.6 Å². The minimum atomic E-state index is 0.0164. The summed E-state index contributed by atoms with van der Waals surface area (Å²) in [5, 5.41) is 13.9. The fraction of sp³-hybridized carbons (Fsp3) is 0.200. The highest BCUT2D eigenvalue weighted by Gasteiger charge is 2.14. The molecule has 3 rings (SSSR count). The van der Waals surface area contributed by atoms with Crippen molar-refractivity contribution in [2.24, 2.45) is 5.10 Å². The van der Waals surface area contributed by atoms with E-state index < -0.39 is 0 Å². The number of carbonyl (C=O) groups is 1. The number of hydrogen-bond donors (Lipinski definition) is 0. The molecule has 144 valence electrons. The molecule has 6 nitrogen and oxygen atoms in total. The van der Waals surface area contributed by atoms with E-state index in [4.69, 9.17) is 11.6 Å². The van der Waals surface area contributed by atoms with E-state index in [2.05, 4.69) is 15.3 Å². The van der Waals surface area contributed by atoms with Gasteiger partial charge in [-0.15, -0.1) is 10.2 Å². The Labute approximate surface area is 173 Å². The van der Waals surface area contributed by atoms with E-state index in [0.717, 1.165) is 11.1 Å². The summed E-state index contributed by atoms with van der Waals surface area (Å²) in [6, 6.07) is 17.3. The third kappa shape index (κ3) is 5.43. The maximum atomic E-state index is 12.4. The molecule has 0 saturated heterocycles. The zero-order valence-corrected chi connectivity index (χ0v) is 17.2. The highest BCUT2D eigenvalue weighted by molar-refractivity contribution is 7.99. The van der Waals surface area contributed by atoms with Gasteiger partial charge in [0.2, 0.25) is 11.1 Å². The largest absolute Gasteiger partial charge is 0.341 e. The fourth-order valence-corrected chi connectivity index (χ4v) is 3.42. The van der Waals surface area contributed by atoms with Gasteiger partial charge in [-0.2, -0.15) is 9.78 Å². The summed E-state index contributed by atoms with van der Waals surface area (Å²) in [6.07, 6.45) is 1.71. The zero-order chi connectivity index (χ0) is 19.9. The quantitative estimate of drug-likeness (QED) is 0.435. The van der Waals surface area contributed by atoms with E-state index in [1.54, 1.807) is 35.0 Å². The summed E-state index contributed by atoms with van der Waals surface area (Å²) >= 11 is 7.22. The molecule has 0 radical (unpaired) electrons. The van der Waals surface area contributed by atoms with Crippen molar-refractivity contribution in [1.82, 2.24) is 19.8 Å². The molecule has 0 saturated carbocycles. The van der Waals surface area contributed by atoms with E-state index >= 15 is 0 Å². The van der Waals surface area contributed by atoms with Crippen molar-refractivity contribution in [2.75, 3.05) is 12.8 Å². The Hall–Kier alpha value is -2.64. The summed E-state index contributed by atoms with van der Waals surface area (Å²) in [6.45, 7) is 2.39. The Balaban J connectivity index is 1.61. The molecule has 0 aliphatic heterocycles. The van der Waals surface area contributed by atoms with Crippen LogP contribution in [-0.2, 0) is 11.3 Å². The van der Waals surface area contributed by atoms with Crippen molar-refractivity contribution < 1.29 is 4.79 Å². The molecule has 2 aromatic carbocycles. The Morgan fingerprint density at radius 2 is 1.89 bits per heavy atom. The number of aromatic nitrogens is 3. The first-order valence-electron chi connectivity index (χ1n) is 8.65. The highest BCUT2D eigenvalue weighted by atomic mass is 35.5. The van der Waals surface area contributed by atoms with Crippen LogP contribution in [0.25, 0.3) is 0 Å². The lowest BCUT2D eigenvalue weighted by atomic mass is 10.2. The van der Waals surface area contributed by atoms with Crippen LogP contribution in [0.5, 0.6) is 0 Å². The number of halogens is 1. The topological polar surface area (TPSA) is 63.4 Å². The third-order valence-electron chi connectivity index (χ3n) is 3.97. The number of hydrogen-bond acceptors (Lipinski definition) is 5. The van der Waals surface area contributed by atoms with Crippen LogP contribution in [-0.4, -0.2) is 44.7 Å². The SMILES string of the molecule is Cc1nnc(SCC(=O)N(C)Cc2ccccc2)n1N=Cc1ccc(Cl)cc1. The van der Waals surface area contributed by atoms with Crippen LogP contribution in [0, 0.1) is 6.92 Å². The summed E-state index contributed by atoms with van der Waals surface area (Å²) in [4.78, 5) is 14.1. The van der Waals surface area contributed by atoms with E-state index in [9.17, 15) is 4.79 Å². The zero-order valence-electron chi connectivity index (χ0n) is 15.6. The van der Waals surface area contributed by atoms with Gasteiger partial charge < -0.3 is 4.90 Å². The van der Waals surface area contributed by atoms with E-state index in [-0.39, 0.29) is 11.7 Å². The lowest BCUT2D eigenvalue weighted by Crippen LogP contribution is -2.27. The molecule has 0 aliphatic rings. The fourth-order valence-electron chi connectivity index (χ4n) is 2.42. The van der Waals surface area contributed by atoms with Crippen LogP contribution < -0.4 is 0 Å². The first kappa shape index (κ1) is 20.1. The number of thioether (sulfide) groups is 1. The van der Waals surface area contributed by atoms with Gasteiger partial charge >= 0.3 is 0 Å². The van der Waals surface area contributed by atoms with Crippen LogP contribution in [0.1, 0.15) is 17.0 Å². The second-order valence-electron chi connectivity index (χ2n) is 6.16. The number of nitrogens with zero attached hydrogens (tertiary/aromatic N) is 5. The molecule has 8 heteroatoms. The van der Waals surface area contributed by atoms with E-state index in [0.29, 0.717) is 22.5 Å². The maximum absolute atomic E-state index is 12.4. The number of amides is 1. The average Bonchev–Trinajstić information content (AvgIpc) is 3.06. The summed E-state index contributed by atoms with van der Waals surface area (Å²) in [5.41, 5.74) is 2.00. The molecule has 0 unspecified atom stereocenters. The molecule has 0 bridgehead atoms. The van der Waals surface area contributed by atoms with Gasteiger partial charge in [-0.05, 0) is 30.2 Å². The van der Waals surface area contributed by atoms with Crippen molar-refractivity contribution in [3.63, 3.8) is 0 Å². The van der Waals surface area contributed by atoms with Gasteiger partial charge in [0.25, 0.3) is 0 Å².